The van der Waals surface area contributed by atoms with Crippen molar-refractivity contribution in [1.82, 2.24) is 5.32 Å². The Labute approximate surface area is 147 Å². The molecule has 0 spiro atoms. The summed E-state index contributed by atoms with van der Waals surface area (Å²) in [5.41, 5.74) is 0.880. The molecule has 6 heteroatoms. The van der Waals surface area contributed by atoms with Crippen LogP contribution in [0.1, 0.15) is 10.4 Å². The first-order valence-electron chi connectivity index (χ1n) is 7.03. The summed E-state index contributed by atoms with van der Waals surface area (Å²) in [7, 11) is 0. The molecule has 0 aliphatic rings. The average Bonchev–Trinajstić information content (AvgIpc) is 3.06. The minimum absolute atomic E-state index is 0.270. The van der Waals surface area contributed by atoms with E-state index in [4.69, 9.17) is 4.74 Å². The van der Waals surface area contributed by atoms with Gasteiger partial charge in [-0.1, -0.05) is 34.1 Å². The van der Waals surface area contributed by atoms with Crippen LogP contribution in [-0.2, 0) is 20.7 Å². The van der Waals surface area contributed by atoms with Gasteiger partial charge < -0.3 is 10.1 Å². The molecule has 0 unspecified atom stereocenters. The van der Waals surface area contributed by atoms with E-state index in [1.807, 2.05) is 41.8 Å². The summed E-state index contributed by atoms with van der Waals surface area (Å²) in [5.74, 6) is -0.840. The van der Waals surface area contributed by atoms with Gasteiger partial charge in [-0.25, -0.2) is 4.79 Å². The van der Waals surface area contributed by atoms with Crippen molar-refractivity contribution in [3.8, 4) is 0 Å². The second-order valence-corrected chi connectivity index (χ2v) is 6.62. The van der Waals surface area contributed by atoms with Crippen LogP contribution in [0, 0.1) is 0 Å². The van der Waals surface area contributed by atoms with Gasteiger partial charge in [0.15, 0.2) is 6.61 Å². The van der Waals surface area contributed by atoms with Crippen LogP contribution in [0.4, 0.5) is 0 Å². The lowest BCUT2D eigenvalue weighted by Crippen LogP contribution is -2.30. The van der Waals surface area contributed by atoms with E-state index in [0.29, 0.717) is 6.54 Å². The second-order valence-electron chi connectivity index (χ2n) is 4.67. The van der Waals surface area contributed by atoms with E-state index in [1.54, 1.807) is 17.4 Å². The molecule has 23 heavy (non-hydrogen) atoms. The van der Waals surface area contributed by atoms with E-state index in [-0.39, 0.29) is 12.5 Å². The Balaban J connectivity index is 1.65. The predicted molar refractivity (Wildman–Crippen MR) is 95.2 cm³/mol. The molecular formula is C17H16BrNO3S. The Morgan fingerprint density at radius 3 is 2.70 bits per heavy atom. The standard InChI is InChI=1S/C17H16BrNO3S/c18-14-6-3-13(4-7-14)5-8-17(21)22-12-16(20)19-10-9-15-2-1-11-23-15/h1-8,11H,9-10,12H2,(H,19,20)/b8-5+. The first kappa shape index (κ1) is 17.4. The number of carbonyl (C=O) groups excluding carboxylic acids is 2. The number of amides is 1. The van der Waals surface area contributed by atoms with Crippen molar-refractivity contribution in [2.75, 3.05) is 13.2 Å². The highest BCUT2D eigenvalue weighted by Crippen LogP contribution is 2.11. The van der Waals surface area contributed by atoms with Crippen LogP contribution in [0.5, 0.6) is 0 Å². The highest BCUT2D eigenvalue weighted by molar-refractivity contribution is 9.10. The van der Waals surface area contributed by atoms with Gasteiger partial charge in [0, 0.05) is 22.0 Å². The Bertz CT molecular complexity index is 666. The van der Waals surface area contributed by atoms with Crippen LogP contribution in [-0.4, -0.2) is 25.0 Å². The summed E-state index contributed by atoms with van der Waals surface area (Å²) in [6.07, 6.45) is 3.73. The summed E-state index contributed by atoms with van der Waals surface area (Å²) in [4.78, 5) is 24.3. The summed E-state index contributed by atoms with van der Waals surface area (Å²) >= 11 is 4.99. The third-order valence-electron chi connectivity index (χ3n) is 2.90. The minimum atomic E-state index is -0.540. The Kier molecular flexibility index (Phi) is 7.03. The number of rotatable bonds is 7. The number of halogens is 1. The van der Waals surface area contributed by atoms with Gasteiger partial charge in [0.05, 0.1) is 0 Å². The van der Waals surface area contributed by atoms with Gasteiger partial charge in [0.25, 0.3) is 5.91 Å². The van der Waals surface area contributed by atoms with Crippen LogP contribution in [0.15, 0.2) is 52.3 Å². The molecule has 0 aliphatic carbocycles. The fraction of sp³-hybridized carbons (Fsp3) is 0.176. The Hall–Kier alpha value is -1.92. The molecule has 2 rings (SSSR count). The van der Waals surface area contributed by atoms with E-state index in [0.717, 1.165) is 16.5 Å². The maximum atomic E-state index is 11.6. The summed E-state index contributed by atoms with van der Waals surface area (Å²) in [6.45, 7) is 0.263. The second kappa shape index (κ2) is 9.27. The quantitative estimate of drug-likeness (QED) is 0.578. The van der Waals surface area contributed by atoms with Crippen molar-refractivity contribution >= 4 is 45.2 Å². The predicted octanol–water partition coefficient (Wildman–Crippen LogP) is 3.43. The van der Waals surface area contributed by atoms with Gasteiger partial charge in [-0.3, -0.25) is 4.79 Å². The van der Waals surface area contributed by atoms with E-state index in [9.17, 15) is 9.59 Å². The molecular weight excluding hydrogens is 378 g/mol. The van der Waals surface area contributed by atoms with Crippen molar-refractivity contribution in [2.24, 2.45) is 0 Å². The zero-order valence-corrected chi connectivity index (χ0v) is 14.7. The number of hydrogen-bond acceptors (Lipinski definition) is 4. The summed E-state index contributed by atoms with van der Waals surface area (Å²) in [6, 6.07) is 11.5. The van der Waals surface area contributed by atoms with Crippen molar-refractivity contribution in [3.05, 3.63) is 62.8 Å². The highest BCUT2D eigenvalue weighted by atomic mass is 79.9. The Morgan fingerprint density at radius 2 is 2.00 bits per heavy atom. The van der Waals surface area contributed by atoms with E-state index in [1.165, 1.54) is 11.0 Å². The zero-order valence-electron chi connectivity index (χ0n) is 12.3. The van der Waals surface area contributed by atoms with Crippen LogP contribution >= 0.6 is 27.3 Å². The van der Waals surface area contributed by atoms with Gasteiger partial charge in [0.2, 0.25) is 0 Å². The molecule has 4 nitrogen and oxygen atoms in total. The number of benzene rings is 1. The maximum absolute atomic E-state index is 11.6. The third-order valence-corrected chi connectivity index (χ3v) is 4.37. The van der Waals surface area contributed by atoms with Crippen LogP contribution in [0.25, 0.3) is 6.08 Å². The van der Waals surface area contributed by atoms with Gasteiger partial charge in [-0.05, 0) is 41.6 Å². The molecule has 0 saturated heterocycles. The van der Waals surface area contributed by atoms with Crippen molar-refractivity contribution in [1.29, 1.82) is 0 Å². The van der Waals surface area contributed by atoms with Gasteiger partial charge in [-0.15, -0.1) is 11.3 Å². The van der Waals surface area contributed by atoms with Gasteiger partial charge >= 0.3 is 5.97 Å². The number of ether oxygens (including phenoxy) is 1. The smallest absolute Gasteiger partial charge is 0.331 e. The highest BCUT2D eigenvalue weighted by Gasteiger charge is 2.04. The van der Waals surface area contributed by atoms with Crippen molar-refractivity contribution < 1.29 is 14.3 Å². The topological polar surface area (TPSA) is 55.4 Å². The third kappa shape index (κ3) is 6.80. The summed E-state index contributed by atoms with van der Waals surface area (Å²) in [5, 5.41) is 4.71. The van der Waals surface area contributed by atoms with Gasteiger partial charge in [-0.2, -0.15) is 0 Å². The largest absolute Gasteiger partial charge is 0.452 e. The first-order valence-corrected chi connectivity index (χ1v) is 8.70. The maximum Gasteiger partial charge on any atom is 0.331 e. The van der Waals surface area contributed by atoms with Crippen molar-refractivity contribution in [2.45, 2.75) is 6.42 Å². The average molecular weight is 394 g/mol. The molecule has 0 aliphatic heterocycles. The first-order chi connectivity index (χ1) is 11.1. The van der Waals surface area contributed by atoms with E-state index in [2.05, 4.69) is 21.2 Å². The molecule has 1 N–H and O–H groups in total. The lowest BCUT2D eigenvalue weighted by atomic mass is 10.2. The Morgan fingerprint density at radius 1 is 1.22 bits per heavy atom. The van der Waals surface area contributed by atoms with Crippen LogP contribution in [0.3, 0.4) is 0 Å². The van der Waals surface area contributed by atoms with E-state index < -0.39 is 5.97 Å². The fourth-order valence-corrected chi connectivity index (χ4v) is 2.73. The summed E-state index contributed by atoms with van der Waals surface area (Å²) < 4.78 is 5.86. The van der Waals surface area contributed by atoms with Gasteiger partial charge in [0.1, 0.15) is 0 Å². The zero-order chi connectivity index (χ0) is 16.5. The van der Waals surface area contributed by atoms with Crippen LogP contribution < -0.4 is 5.32 Å². The van der Waals surface area contributed by atoms with E-state index >= 15 is 0 Å². The molecule has 0 bridgehead atoms. The molecule has 1 heterocycles. The number of hydrogen-bond donors (Lipinski definition) is 1. The molecule has 120 valence electrons. The molecule has 0 atom stereocenters. The number of esters is 1. The number of nitrogens with one attached hydrogen (secondary N) is 1. The number of carbonyl (C=O) groups is 2. The van der Waals surface area contributed by atoms with Crippen molar-refractivity contribution in [3.63, 3.8) is 0 Å². The molecule has 2 aromatic rings. The normalized spacial score (nSPS) is 10.7. The lowest BCUT2D eigenvalue weighted by Gasteiger charge is -2.04. The minimum Gasteiger partial charge on any atom is -0.452 e. The molecule has 1 aromatic heterocycles. The lowest BCUT2D eigenvalue weighted by molar-refractivity contribution is -0.143. The monoisotopic (exact) mass is 393 g/mol. The molecule has 0 radical (unpaired) electrons. The molecule has 0 saturated carbocycles. The number of thiophene rings is 1. The molecule has 1 amide bonds. The molecule has 1 aromatic carbocycles. The SMILES string of the molecule is O=C(COC(=O)/C=C/c1ccc(Br)cc1)NCCc1cccs1. The fourth-order valence-electron chi connectivity index (χ4n) is 1.75. The molecule has 0 fully saturated rings. The van der Waals surface area contributed by atoms with Crippen LogP contribution in [0.2, 0.25) is 0 Å².